The van der Waals surface area contributed by atoms with E-state index in [1.54, 1.807) is 28.2 Å². The molecular formula is C18H19N3O3S2. The van der Waals surface area contributed by atoms with Gasteiger partial charge in [-0.25, -0.2) is 4.98 Å². The van der Waals surface area contributed by atoms with Gasteiger partial charge in [0.05, 0.1) is 23.9 Å². The van der Waals surface area contributed by atoms with E-state index in [-0.39, 0.29) is 17.9 Å². The maximum absolute atomic E-state index is 13.3. The fourth-order valence-corrected chi connectivity index (χ4v) is 5.51. The standard InChI is InChI=1S/C18H19N3O3S2/c1-10-4-5-12-13(7-10)26-16-15(12)17(23)21(8-11-3-2-6-24-11)18(20-16)25-9-14(19)22/h2-3,6,10H,4-5,7-9H2,1H3,(H2,19,22). The molecule has 3 aromatic heterocycles. The number of nitrogens with zero attached hydrogens (tertiary/aromatic N) is 2. The summed E-state index contributed by atoms with van der Waals surface area (Å²) in [5.41, 5.74) is 6.37. The predicted octanol–water partition coefficient (Wildman–Crippen LogP) is 2.80. The van der Waals surface area contributed by atoms with E-state index in [1.165, 1.54) is 16.6 Å². The zero-order valence-electron chi connectivity index (χ0n) is 14.4. The highest BCUT2D eigenvalue weighted by Gasteiger charge is 2.25. The number of primary amides is 1. The number of fused-ring (bicyclic) bond motifs is 3. The summed E-state index contributed by atoms with van der Waals surface area (Å²) < 4.78 is 7.00. The number of aromatic nitrogens is 2. The smallest absolute Gasteiger partial charge is 0.263 e. The minimum absolute atomic E-state index is 0.0644. The van der Waals surface area contributed by atoms with Crippen LogP contribution in [0.4, 0.5) is 0 Å². The Bertz CT molecular complexity index is 1020. The number of amides is 1. The van der Waals surface area contributed by atoms with Crippen LogP contribution in [0, 0.1) is 5.92 Å². The zero-order valence-corrected chi connectivity index (χ0v) is 16.0. The number of carbonyl (C=O) groups is 1. The van der Waals surface area contributed by atoms with Gasteiger partial charge in [0.1, 0.15) is 10.6 Å². The van der Waals surface area contributed by atoms with Crippen LogP contribution in [0.15, 0.2) is 32.8 Å². The Labute approximate surface area is 158 Å². The second-order valence-electron chi connectivity index (χ2n) is 6.65. The number of furan rings is 1. The van der Waals surface area contributed by atoms with Gasteiger partial charge in [0.2, 0.25) is 5.91 Å². The highest BCUT2D eigenvalue weighted by molar-refractivity contribution is 7.99. The fraction of sp³-hybridized carbons (Fsp3) is 0.389. The van der Waals surface area contributed by atoms with Gasteiger partial charge in [-0.3, -0.25) is 14.2 Å². The molecule has 0 fully saturated rings. The molecule has 1 aliphatic carbocycles. The van der Waals surface area contributed by atoms with Crippen molar-refractivity contribution in [1.82, 2.24) is 9.55 Å². The van der Waals surface area contributed by atoms with Crippen LogP contribution in [0.1, 0.15) is 29.5 Å². The third-order valence-electron chi connectivity index (χ3n) is 4.62. The molecule has 0 bridgehead atoms. The molecular weight excluding hydrogens is 370 g/mol. The zero-order chi connectivity index (χ0) is 18.3. The summed E-state index contributed by atoms with van der Waals surface area (Å²) >= 11 is 2.80. The van der Waals surface area contributed by atoms with E-state index in [4.69, 9.17) is 15.1 Å². The molecule has 0 aliphatic heterocycles. The first-order valence-corrected chi connectivity index (χ1v) is 10.3. The van der Waals surface area contributed by atoms with Crippen molar-refractivity contribution in [3.05, 3.63) is 45.0 Å². The Balaban J connectivity index is 1.87. The summed E-state index contributed by atoms with van der Waals surface area (Å²) in [5.74, 6) is 0.947. The molecule has 0 saturated carbocycles. The highest BCUT2D eigenvalue weighted by Crippen LogP contribution is 2.36. The SMILES string of the molecule is CC1CCc2c(sc3nc(SCC(N)=O)n(Cc4ccco4)c(=O)c23)C1. The Morgan fingerprint density at radius 2 is 2.38 bits per heavy atom. The van der Waals surface area contributed by atoms with E-state index in [1.807, 2.05) is 6.07 Å². The van der Waals surface area contributed by atoms with Crippen molar-refractivity contribution < 1.29 is 9.21 Å². The molecule has 6 nitrogen and oxygen atoms in total. The van der Waals surface area contributed by atoms with Gasteiger partial charge < -0.3 is 10.2 Å². The van der Waals surface area contributed by atoms with Gasteiger partial charge in [0.25, 0.3) is 5.56 Å². The average molecular weight is 390 g/mol. The highest BCUT2D eigenvalue weighted by atomic mass is 32.2. The number of hydrogen-bond donors (Lipinski definition) is 1. The van der Waals surface area contributed by atoms with Crippen molar-refractivity contribution in [3.8, 4) is 0 Å². The van der Waals surface area contributed by atoms with Crippen LogP contribution in [0.3, 0.4) is 0 Å². The summed E-state index contributed by atoms with van der Waals surface area (Å²) in [7, 11) is 0. The minimum atomic E-state index is -0.437. The monoisotopic (exact) mass is 389 g/mol. The number of thioether (sulfide) groups is 1. The van der Waals surface area contributed by atoms with E-state index in [0.717, 1.165) is 35.0 Å². The third kappa shape index (κ3) is 3.19. The van der Waals surface area contributed by atoms with E-state index in [0.29, 0.717) is 16.8 Å². The van der Waals surface area contributed by atoms with Crippen molar-refractivity contribution in [2.75, 3.05) is 5.75 Å². The van der Waals surface area contributed by atoms with Crippen LogP contribution < -0.4 is 11.3 Å². The Kier molecular flexibility index (Phi) is 4.62. The second kappa shape index (κ2) is 6.92. The van der Waals surface area contributed by atoms with Gasteiger partial charge in [-0.15, -0.1) is 11.3 Å². The maximum atomic E-state index is 13.3. The molecule has 2 N–H and O–H groups in total. The second-order valence-corrected chi connectivity index (χ2v) is 8.68. The first kappa shape index (κ1) is 17.4. The summed E-state index contributed by atoms with van der Waals surface area (Å²) in [4.78, 5) is 31.3. The minimum Gasteiger partial charge on any atom is -0.467 e. The summed E-state index contributed by atoms with van der Waals surface area (Å²) in [6.07, 6.45) is 4.59. The quantitative estimate of drug-likeness (QED) is 0.535. The molecule has 0 radical (unpaired) electrons. The molecule has 1 amide bonds. The molecule has 0 saturated heterocycles. The largest absolute Gasteiger partial charge is 0.467 e. The van der Waals surface area contributed by atoms with E-state index < -0.39 is 5.91 Å². The van der Waals surface area contributed by atoms with Crippen LogP contribution in [0.5, 0.6) is 0 Å². The molecule has 0 aromatic carbocycles. The van der Waals surface area contributed by atoms with E-state index >= 15 is 0 Å². The van der Waals surface area contributed by atoms with Gasteiger partial charge in [-0.2, -0.15) is 0 Å². The lowest BCUT2D eigenvalue weighted by atomic mass is 9.89. The van der Waals surface area contributed by atoms with Crippen molar-refractivity contribution in [3.63, 3.8) is 0 Å². The maximum Gasteiger partial charge on any atom is 0.263 e. The number of hydrogen-bond acceptors (Lipinski definition) is 6. The lowest BCUT2D eigenvalue weighted by Crippen LogP contribution is -2.25. The molecule has 0 spiro atoms. The van der Waals surface area contributed by atoms with Gasteiger partial charge >= 0.3 is 0 Å². The summed E-state index contributed by atoms with van der Waals surface area (Å²) in [5, 5.41) is 1.23. The lowest BCUT2D eigenvalue weighted by molar-refractivity contribution is -0.115. The van der Waals surface area contributed by atoms with Crippen molar-refractivity contribution in [2.24, 2.45) is 11.7 Å². The first-order valence-electron chi connectivity index (χ1n) is 8.51. The number of thiophene rings is 1. The Morgan fingerprint density at radius 3 is 3.12 bits per heavy atom. The Hall–Kier alpha value is -2.06. The van der Waals surface area contributed by atoms with E-state index in [2.05, 4.69) is 6.92 Å². The number of carbonyl (C=O) groups excluding carboxylic acids is 1. The van der Waals surface area contributed by atoms with Gasteiger partial charge in [-0.1, -0.05) is 18.7 Å². The molecule has 3 heterocycles. The van der Waals surface area contributed by atoms with Crippen LogP contribution in [0.2, 0.25) is 0 Å². The number of rotatable bonds is 5. The van der Waals surface area contributed by atoms with Crippen molar-refractivity contribution in [1.29, 1.82) is 0 Å². The topological polar surface area (TPSA) is 91.1 Å². The Morgan fingerprint density at radius 1 is 1.54 bits per heavy atom. The van der Waals surface area contributed by atoms with Gasteiger partial charge in [0.15, 0.2) is 5.16 Å². The first-order chi connectivity index (χ1) is 12.5. The van der Waals surface area contributed by atoms with Crippen LogP contribution in [-0.4, -0.2) is 21.2 Å². The van der Waals surface area contributed by atoms with Crippen LogP contribution in [-0.2, 0) is 24.2 Å². The molecule has 136 valence electrons. The lowest BCUT2D eigenvalue weighted by Gasteiger charge is -2.17. The number of aryl methyl sites for hydroxylation is 1. The average Bonchev–Trinajstić information content (AvgIpc) is 3.22. The molecule has 1 unspecified atom stereocenters. The van der Waals surface area contributed by atoms with Crippen molar-refractivity contribution >= 4 is 39.2 Å². The molecule has 26 heavy (non-hydrogen) atoms. The van der Waals surface area contributed by atoms with E-state index in [9.17, 15) is 9.59 Å². The van der Waals surface area contributed by atoms with Crippen LogP contribution in [0.25, 0.3) is 10.2 Å². The molecule has 3 aromatic rings. The summed E-state index contributed by atoms with van der Waals surface area (Å²) in [6, 6.07) is 3.61. The molecule has 8 heteroatoms. The molecule has 4 rings (SSSR count). The van der Waals surface area contributed by atoms with Gasteiger partial charge in [0, 0.05) is 4.88 Å². The molecule has 1 aliphatic rings. The fourth-order valence-electron chi connectivity index (χ4n) is 3.35. The molecule has 1 atom stereocenters. The normalized spacial score (nSPS) is 16.7. The third-order valence-corrected chi connectivity index (χ3v) is 6.76. The van der Waals surface area contributed by atoms with Gasteiger partial charge in [-0.05, 0) is 42.9 Å². The van der Waals surface area contributed by atoms with Crippen molar-refractivity contribution in [2.45, 2.75) is 37.9 Å². The van der Waals surface area contributed by atoms with Crippen LogP contribution >= 0.6 is 23.1 Å². The number of nitrogens with two attached hydrogens (primary N) is 1. The predicted molar refractivity (Wildman–Crippen MR) is 103 cm³/mol. The summed E-state index contributed by atoms with van der Waals surface area (Å²) in [6.45, 7) is 2.53.